The van der Waals surface area contributed by atoms with E-state index in [-0.39, 0.29) is 12.2 Å². The van der Waals surface area contributed by atoms with Crippen LogP contribution in [-0.2, 0) is 4.74 Å². The highest BCUT2D eigenvalue weighted by atomic mass is 16.5. The standard InChI is InChI=1S/C7H11NO4/c9-5-1-4-2-8(7(10)11)3-6(5)12-4/h4-6,9H,1-3H2,(H,10,11)/t4-,5-,6-/m1/s1. The molecule has 0 saturated carbocycles. The van der Waals surface area contributed by atoms with Crippen LogP contribution < -0.4 is 0 Å². The van der Waals surface area contributed by atoms with E-state index in [4.69, 9.17) is 9.84 Å². The van der Waals surface area contributed by atoms with Crippen molar-refractivity contribution in [3.05, 3.63) is 0 Å². The lowest BCUT2D eigenvalue weighted by molar-refractivity contribution is -0.0513. The molecule has 0 aromatic rings. The topological polar surface area (TPSA) is 70.0 Å². The molecule has 2 aliphatic rings. The van der Waals surface area contributed by atoms with Crippen LogP contribution in [0.25, 0.3) is 0 Å². The number of hydrogen-bond donors (Lipinski definition) is 2. The van der Waals surface area contributed by atoms with Crippen molar-refractivity contribution in [3.63, 3.8) is 0 Å². The Hall–Kier alpha value is -0.810. The summed E-state index contributed by atoms with van der Waals surface area (Å²) < 4.78 is 5.33. The molecule has 0 aliphatic carbocycles. The molecule has 0 spiro atoms. The minimum absolute atomic E-state index is 0.102. The Balaban J connectivity index is 2.05. The number of carboxylic acid groups (broad SMARTS) is 1. The largest absolute Gasteiger partial charge is 0.465 e. The number of aliphatic hydroxyl groups excluding tert-OH is 1. The normalized spacial score (nSPS) is 40.1. The van der Waals surface area contributed by atoms with Crippen molar-refractivity contribution in [1.29, 1.82) is 0 Å². The summed E-state index contributed by atoms with van der Waals surface area (Å²) in [5.74, 6) is 0. The van der Waals surface area contributed by atoms with Crippen LogP contribution in [0.4, 0.5) is 4.79 Å². The Morgan fingerprint density at radius 1 is 1.50 bits per heavy atom. The minimum Gasteiger partial charge on any atom is -0.465 e. The number of likely N-dealkylation sites (tertiary alicyclic amines) is 1. The number of hydrogen-bond acceptors (Lipinski definition) is 3. The van der Waals surface area contributed by atoms with Gasteiger partial charge >= 0.3 is 6.09 Å². The van der Waals surface area contributed by atoms with Crippen molar-refractivity contribution in [3.8, 4) is 0 Å². The van der Waals surface area contributed by atoms with Gasteiger partial charge in [-0.05, 0) is 0 Å². The molecule has 0 unspecified atom stereocenters. The molecule has 1 amide bonds. The SMILES string of the molecule is O=C(O)N1C[C@H]2C[C@@H](O)[C@@H](C1)O2. The average molecular weight is 173 g/mol. The predicted octanol–water partition coefficient (Wildman–Crippen LogP) is -0.502. The van der Waals surface area contributed by atoms with Gasteiger partial charge in [0.25, 0.3) is 0 Å². The van der Waals surface area contributed by atoms with Gasteiger partial charge in [0.2, 0.25) is 0 Å². The molecule has 0 radical (unpaired) electrons. The molecule has 68 valence electrons. The van der Waals surface area contributed by atoms with Gasteiger partial charge in [0, 0.05) is 6.42 Å². The van der Waals surface area contributed by atoms with E-state index < -0.39 is 12.2 Å². The third kappa shape index (κ3) is 1.15. The van der Waals surface area contributed by atoms with Crippen molar-refractivity contribution in [2.75, 3.05) is 13.1 Å². The zero-order chi connectivity index (χ0) is 8.72. The molecule has 2 fully saturated rings. The third-order valence-electron chi connectivity index (χ3n) is 2.40. The smallest absolute Gasteiger partial charge is 0.407 e. The number of amides is 1. The number of morpholine rings is 1. The summed E-state index contributed by atoms with van der Waals surface area (Å²) in [6, 6.07) is 0. The molecule has 2 aliphatic heterocycles. The molecule has 2 bridgehead atoms. The van der Waals surface area contributed by atoms with E-state index in [0.717, 1.165) is 0 Å². The average Bonchev–Trinajstić information content (AvgIpc) is 2.26. The van der Waals surface area contributed by atoms with E-state index in [9.17, 15) is 9.90 Å². The first-order valence-electron chi connectivity index (χ1n) is 3.98. The maximum atomic E-state index is 10.6. The predicted molar refractivity (Wildman–Crippen MR) is 38.9 cm³/mol. The number of aliphatic hydroxyl groups is 1. The lowest BCUT2D eigenvalue weighted by atomic mass is 10.2. The molecular formula is C7H11NO4. The minimum atomic E-state index is -0.928. The Morgan fingerprint density at radius 2 is 2.25 bits per heavy atom. The molecule has 3 atom stereocenters. The molecule has 5 nitrogen and oxygen atoms in total. The quantitative estimate of drug-likeness (QED) is 0.518. The van der Waals surface area contributed by atoms with Crippen LogP contribution in [-0.4, -0.2) is 52.6 Å². The van der Waals surface area contributed by atoms with Crippen molar-refractivity contribution in [2.45, 2.75) is 24.7 Å². The lowest BCUT2D eigenvalue weighted by Gasteiger charge is -2.29. The maximum absolute atomic E-state index is 10.6. The lowest BCUT2D eigenvalue weighted by Crippen LogP contribution is -2.46. The number of ether oxygens (including phenoxy) is 1. The highest BCUT2D eigenvalue weighted by molar-refractivity contribution is 5.65. The van der Waals surface area contributed by atoms with Gasteiger partial charge in [-0.3, -0.25) is 0 Å². The number of nitrogens with zero attached hydrogens (tertiary/aromatic N) is 1. The zero-order valence-corrected chi connectivity index (χ0v) is 6.51. The van der Waals surface area contributed by atoms with Gasteiger partial charge in [0.05, 0.1) is 25.3 Å². The summed E-state index contributed by atoms with van der Waals surface area (Å²) in [7, 11) is 0. The van der Waals surface area contributed by atoms with E-state index in [1.807, 2.05) is 0 Å². The van der Waals surface area contributed by atoms with Gasteiger partial charge in [-0.2, -0.15) is 0 Å². The maximum Gasteiger partial charge on any atom is 0.407 e. The Labute approximate surface area is 69.5 Å². The molecular weight excluding hydrogens is 162 g/mol. The van der Waals surface area contributed by atoms with Crippen LogP contribution in [0.15, 0.2) is 0 Å². The fourth-order valence-corrected chi connectivity index (χ4v) is 1.79. The number of fused-ring (bicyclic) bond motifs is 2. The molecule has 0 aromatic carbocycles. The van der Waals surface area contributed by atoms with Crippen LogP contribution in [0.2, 0.25) is 0 Å². The molecule has 2 heterocycles. The second kappa shape index (κ2) is 2.60. The summed E-state index contributed by atoms with van der Waals surface area (Å²) in [6.45, 7) is 0.690. The molecule has 2 N–H and O–H groups in total. The fourth-order valence-electron chi connectivity index (χ4n) is 1.79. The summed E-state index contributed by atoms with van der Waals surface area (Å²) in [5.41, 5.74) is 0. The van der Waals surface area contributed by atoms with Crippen LogP contribution in [0, 0.1) is 0 Å². The summed E-state index contributed by atoms with van der Waals surface area (Å²) in [5, 5.41) is 18.0. The van der Waals surface area contributed by atoms with Crippen molar-refractivity contribution in [1.82, 2.24) is 4.90 Å². The first-order valence-corrected chi connectivity index (χ1v) is 3.98. The fraction of sp³-hybridized carbons (Fsp3) is 0.857. The van der Waals surface area contributed by atoms with Crippen LogP contribution >= 0.6 is 0 Å². The molecule has 5 heteroatoms. The van der Waals surface area contributed by atoms with Crippen molar-refractivity contribution < 1.29 is 19.7 Å². The first kappa shape index (κ1) is 7.82. The van der Waals surface area contributed by atoms with Gasteiger partial charge in [-0.25, -0.2) is 4.79 Å². The molecule has 2 rings (SSSR count). The Kier molecular flexibility index (Phi) is 1.69. The Bertz CT molecular complexity index is 206. The monoisotopic (exact) mass is 173 g/mol. The number of carbonyl (C=O) groups is 1. The second-order valence-electron chi connectivity index (χ2n) is 3.29. The Morgan fingerprint density at radius 3 is 2.83 bits per heavy atom. The summed E-state index contributed by atoms with van der Waals surface area (Å²) in [4.78, 5) is 11.9. The molecule has 0 aromatic heterocycles. The zero-order valence-electron chi connectivity index (χ0n) is 6.51. The first-order chi connectivity index (χ1) is 5.66. The van der Waals surface area contributed by atoms with E-state index in [2.05, 4.69) is 0 Å². The summed E-state index contributed by atoms with van der Waals surface area (Å²) in [6.07, 6.45) is -1.26. The van der Waals surface area contributed by atoms with Gasteiger partial charge in [0.15, 0.2) is 0 Å². The van der Waals surface area contributed by atoms with E-state index in [1.54, 1.807) is 0 Å². The van der Waals surface area contributed by atoms with E-state index >= 15 is 0 Å². The van der Waals surface area contributed by atoms with Gasteiger partial charge in [-0.1, -0.05) is 0 Å². The van der Waals surface area contributed by atoms with Crippen LogP contribution in [0.1, 0.15) is 6.42 Å². The van der Waals surface area contributed by atoms with Gasteiger partial charge < -0.3 is 19.8 Å². The van der Waals surface area contributed by atoms with E-state index in [1.165, 1.54) is 4.90 Å². The highest BCUT2D eigenvalue weighted by Gasteiger charge is 2.41. The van der Waals surface area contributed by atoms with Crippen molar-refractivity contribution >= 4 is 6.09 Å². The van der Waals surface area contributed by atoms with Crippen LogP contribution in [0.3, 0.4) is 0 Å². The molecule has 12 heavy (non-hydrogen) atoms. The van der Waals surface area contributed by atoms with Crippen molar-refractivity contribution in [2.24, 2.45) is 0 Å². The second-order valence-corrected chi connectivity index (χ2v) is 3.29. The molecule has 2 saturated heterocycles. The van der Waals surface area contributed by atoms with Crippen LogP contribution in [0.5, 0.6) is 0 Å². The number of rotatable bonds is 0. The highest BCUT2D eigenvalue weighted by Crippen LogP contribution is 2.26. The van der Waals surface area contributed by atoms with E-state index in [0.29, 0.717) is 19.5 Å². The summed E-state index contributed by atoms with van der Waals surface area (Å²) >= 11 is 0. The van der Waals surface area contributed by atoms with Gasteiger partial charge in [-0.15, -0.1) is 0 Å². The third-order valence-corrected chi connectivity index (χ3v) is 2.40. The van der Waals surface area contributed by atoms with Gasteiger partial charge in [0.1, 0.15) is 6.10 Å².